The smallest absolute Gasteiger partial charge is 0.306 e. The number of carbonyl (C=O) groups excluding carboxylic acids is 3. The van der Waals surface area contributed by atoms with Gasteiger partial charge in [0.05, 0.1) is 0 Å². The molecule has 0 saturated heterocycles. The molecule has 6 nitrogen and oxygen atoms in total. The first-order valence-corrected chi connectivity index (χ1v) is 28.0. The van der Waals surface area contributed by atoms with E-state index in [0.717, 1.165) is 116 Å². The van der Waals surface area contributed by atoms with Gasteiger partial charge in [0.2, 0.25) is 0 Å². The highest BCUT2D eigenvalue weighted by atomic mass is 16.6. The first-order valence-electron chi connectivity index (χ1n) is 28.0. The van der Waals surface area contributed by atoms with E-state index in [1.165, 1.54) is 77.0 Å². The third-order valence-corrected chi connectivity index (χ3v) is 11.4. The molecule has 0 aromatic carbocycles. The van der Waals surface area contributed by atoms with Crippen molar-refractivity contribution in [3.05, 3.63) is 122 Å². The van der Waals surface area contributed by atoms with E-state index in [1.54, 1.807) is 0 Å². The Hall–Kier alpha value is -4.19. The second kappa shape index (κ2) is 56.4. The van der Waals surface area contributed by atoms with Gasteiger partial charge < -0.3 is 14.2 Å². The van der Waals surface area contributed by atoms with Crippen LogP contribution in [0.2, 0.25) is 0 Å². The fraction of sp³-hybridized carbons (Fsp3) is 0.635. The van der Waals surface area contributed by atoms with Crippen LogP contribution in [-0.4, -0.2) is 37.2 Å². The Labute approximate surface area is 424 Å². The van der Waals surface area contributed by atoms with Crippen molar-refractivity contribution in [3.63, 3.8) is 0 Å². The molecule has 0 unspecified atom stereocenters. The quantitative estimate of drug-likeness (QED) is 0.0262. The number of unbranched alkanes of at least 4 members (excludes halogenated alkanes) is 18. The molecule has 390 valence electrons. The largest absolute Gasteiger partial charge is 0.462 e. The lowest BCUT2D eigenvalue weighted by Gasteiger charge is -2.18. The van der Waals surface area contributed by atoms with E-state index >= 15 is 0 Å². The zero-order valence-electron chi connectivity index (χ0n) is 44.5. The lowest BCUT2D eigenvalue weighted by molar-refractivity contribution is -0.167. The normalized spacial score (nSPS) is 13.0. The summed E-state index contributed by atoms with van der Waals surface area (Å²) in [7, 11) is 0. The minimum absolute atomic E-state index is 0.113. The van der Waals surface area contributed by atoms with Gasteiger partial charge in [-0.25, -0.2) is 0 Å². The average molecular weight is 956 g/mol. The Balaban J connectivity index is 4.53. The molecule has 1 atom stereocenters. The minimum atomic E-state index is -0.815. The second-order valence-corrected chi connectivity index (χ2v) is 18.1. The van der Waals surface area contributed by atoms with Gasteiger partial charge in [-0.05, 0) is 128 Å². The van der Waals surface area contributed by atoms with Gasteiger partial charge >= 0.3 is 17.9 Å². The summed E-state index contributed by atoms with van der Waals surface area (Å²) < 4.78 is 16.8. The van der Waals surface area contributed by atoms with Gasteiger partial charge in [0, 0.05) is 19.3 Å². The Bertz CT molecular complexity index is 1470. The number of esters is 3. The Morgan fingerprint density at radius 3 is 0.942 bits per heavy atom. The van der Waals surface area contributed by atoms with Crippen molar-refractivity contribution < 1.29 is 28.6 Å². The highest BCUT2D eigenvalue weighted by molar-refractivity contribution is 5.71. The first kappa shape index (κ1) is 64.8. The summed E-state index contributed by atoms with van der Waals surface area (Å²) in [6.07, 6.45) is 77.6. The fourth-order valence-corrected chi connectivity index (χ4v) is 7.28. The molecule has 69 heavy (non-hydrogen) atoms. The van der Waals surface area contributed by atoms with E-state index in [4.69, 9.17) is 14.2 Å². The number of rotatable bonds is 49. The highest BCUT2D eigenvalue weighted by Gasteiger charge is 2.19. The van der Waals surface area contributed by atoms with Crippen molar-refractivity contribution >= 4 is 17.9 Å². The molecule has 0 aromatic heterocycles. The maximum Gasteiger partial charge on any atom is 0.306 e. The van der Waals surface area contributed by atoms with Crippen LogP contribution in [0.1, 0.15) is 239 Å². The van der Waals surface area contributed by atoms with E-state index in [2.05, 4.69) is 142 Å². The molecular weight excluding hydrogens is 853 g/mol. The van der Waals surface area contributed by atoms with Crippen LogP contribution in [0.3, 0.4) is 0 Å². The number of hydrogen-bond acceptors (Lipinski definition) is 6. The van der Waals surface area contributed by atoms with E-state index in [9.17, 15) is 14.4 Å². The van der Waals surface area contributed by atoms with Gasteiger partial charge in [0.25, 0.3) is 0 Å². The monoisotopic (exact) mass is 955 g/mol. The van der Waals surface area contributed by atoms with Gasteiger partial charge in [-0.1, -0.05) is 213 Å². The van der Waals surface area contributed by atoms with Gasteiger partial charge in [-0.15, -0.1) is 0 Å². The summed E-state index contributed by atoms with van der Waals surface area (Å²) in [5.41, 5.74) is 0. The van der Waals surface area contributed by atoms with Crippen molar-refractivity contribution in [1.29, 1.82) is 0 Å². The lowest BCUT2D eigenvalue weighted by Crippen LogP contribution is -2.30. The van der Waals surface area contributed by atoms with Crippen LogP contribution in [0, 0.1) is 0 Å². The molecule has 0 aliphatic rings. The molecule has 0 aromatic rings. The molecule has 0 aliphatic heterocycles. The average Bonchev–Trinajstić information content (AvgIpc) is 3.35. The zero-order chi connectivity index (χ0) is 50.0. The van der Waals surface area contributed by atoms with Crippen LogP contribution < -0.4 is 0 Å². The Morgan fingerprint density at radius 2 is 0.565 bits per heavy atom. The SMILES string of the molecule is CC/C=C\C/C=C\C/C=C\C/C=C\C/C=C\CCCCCC(=O)OC[C@@H](COC(=O)CCCC/C=C\C/C=C\C/C=C\C/C=C\CC)OC(=O)CCCCCCCCC/C=C\CCCCCCCC. The summed E-state index contributed by atoms with van der Waals surface area (Å²) in [5, 5.41) is 0. The topological polar surface area (TPSA) is 78.9 Å². The molecule has 0 amide bonds. The van der Waals surface area contributed by atoms with Crippen LogP contribution in [0.4, 0.5) is 0 Å². The maximum atomic E-state index is 12.9. The van der Waals surface area contributed by atoms with Crippen LogP contribution in [0.5, 0.6) is 0 Å². The number of ether oxygens (including phenoxy) is 3. The lowest BCUT2D eigenvalue weighted by atomic mass is 10.1. The predicted octanol–water partition coefficient (Wildman–Crippen LogP) is 18.9. The third-order valence-electron chi connectivity index (χ3n) is 11.4. The van der Waals surface area contributed by atoms with Crippen LogP contribution in [0.15, 0.2) is 122 Å². The van der Waals surface area contributed by atoms with Crippen LogP contribution >= 0.6 is 0 Å². The van der Waals surface area contributed by atoms with Gasteiger partial charge in [-0.3, -0.25) is 14.4 Å². The van der Waals surface area contributed by atoms with Gasteiger partial charge in [0.1, 0.15) is 13.2 Å². The predicted molar refractivity (Wildman–Crippen MR) is 297 cm³/mol. The van der Waals surface area contributed by atoms with Crippen molar-refractivity contribution in [2.24, 2.45) is 0 Å². The Morgan fingerprint density at radius 1 is 0.304 bits per heavy atom. The van der Waals surface area contributed by atoms with E-state index in [1.807, 2.05) is 0 Å². The Kier molecular flexibility index (Phi) is 53.0. The summed E-state index contributed by atoms with van der Waals surface area (Å²) in [6, 6.07) is 0. The first-order chi connectivity index (χ1) is 34.0. The summed E-state index contributed by atoms with van der Waals surface area (Å²) in [6.45, 7) is 6.33. The summed E-state index contributed by atoms with van der Waals surface area (Å²) in [5.74, 6) is -0.991. The fourth-order valence-electron chi connectivity index (χ4n) is 7.28. The summed E-state index contributed by atoms with van der Waals surface area (Å²) in [4.78, 5) is 38.1. The van der Waals surface area contributed by atoms with E-state index < -0.39 is 6.10 Å². The van der Waals surface area contributed by atoms with Gasteiger partial charge in [-0.2, -0.15) is 0 Å². The zero-order valence-corrected chi connectivity index (χ0v) is 44.5. The standard InChI is InChI=1S/C63H102O6/c1-4-7-10-13-16-19-22-25-28-30-31-33-35-38-41-44-47-50-53-56-62(65)68-59-60(58-67-61(64)55-52-49-46-43-40-37-34-27-24-21-18-15-12-9-6-3)69-63(66)57-54-51-48-45-42-39-36-32-29-26-23-20-17-14-11-8-5-2/h7,9-10,12,16,18-19,21,25-29,31,33-34,38,40-41,43,60H,4-6,8,11,13-15,17,20,22-24,30,32,35-37,39,42,44-59H2,1-3H3/b10-7-,12-9-,19-16-,21-18-,28-25-,29-26-,33-31-,34-27-,41-38-,43-40-/t60-/m1/s1. The van der Waals surface area contributed by atoms with Crippen LogP contribution in [-0.2, 0) is 28.6 Å². The maximum absolute atomic E-state index is 12.9. The van der Waals surface area contributed by atoms with Gasteiger partial charge in [0.15, 0.2) is 6.10 Å². The van der Waals surface area contributed by atoms with Crippen LogP contribution in [0.25, 0.3) is 0 Å². The molecule has 0 bridgehead atoms. The highest BCUT2D eigenvalue weighted by Crippen LogP contribution is 2.13. The molecule has 0 radical (unpaired) electrons. The third kappa shape index (κ3) is 54.6. The molecular formula is C63H102O6. The van der Waals surface area contributed by atoms with E-state index in [-0.39, 0.29) is 31.1 Å². The number of carbonyl (C=O) groups is 3. The van der Waals surface area contributed by atoms with Crippen molar-refractivity contribution in [3.8, 4) is 0 Å². The van der Waals surface area contributed by atoms with E-state index in [0.29, 0.717) is 25.7 Å². The molecule has 0 heterocycles. The molecule has 0 rings (SSSR count). The molecule has 0 fully saturated rings. The number of allylic oxidation sites excluding steroid dienone is 20. The number of hydrogen-bond donors (Lipinski definition) is 0. The van der Waals surface area contributed by atoms with Crippen molar-refractivity contribution in [1.82, 2.24) is 0 Å². The molecule has 6 heteroatoms. The molecule has 0 saturated carbocycles. The molecule has 0 N–H and O–H groups in total. The minimum Gasteiger partial charge on any atom is -0.462 e. The van der Waals surface area contributed by atoms with Crippen molar-refractivity contribution in [2.75, 3.05) is 13.2 Å². The molecule has 0 aliphatic carbocycles. The molecule has 0 spiro atoms. The summed E-state index contributed by atoms with van der Waals surface area (Å²) >= 11 is 0. The second-order valence-electron chi connectivity index (χ2n) is 18.1. The van der Waals surface area contributed by atoms with Crippen molar-refractivity contribution in [2.45, 2.75) is 245 Å².